The van der Waals surface area contributed by atoms with E-state index in [4.69, 9.17) is 0 Å². The van der Waals surface area contributed by atoms with Crippen molar-refractivity contribution in [2.24, 2.45) is 0 Å². The number of unbranched alkanes of at least 4 members (excludes halogenated alkanes) is 13. The molecule has 0 aromatic carbocycles. The molecule has 0 saturated heterocycles. The fraction of sp³-hybridized carbons (Fsp3) is 0.760. The number of thioether (sulfide) groups is 1. The Labute approximate surface area is 189 Å². The summed E-state index contributed by atoms with van der Waals surface area (Å²) in [5.41, 5.74) is 1.08. The van der Waals surface area contributed by atoms with Gasteiger partial charge in [-0.2, -0.15) is 11.8 Å². The maximum absolute atomic E-state index is 11.5. The summed E-state index contributed by atoms with van der Waals surface area (Å²) < 4.78 is 0. The van der Waals surface area contributed by atoms with E-state index >= 15 is 0 Å². The molecule has 0 aliphatic carbocycles. The molecule has 1 atom stereocenters. The first kappa shape index (κ1) is 26.8. The van der Waals surface area contributed by atoms with E-state index in [2.05, 4.69) is 17.2 Å². The highest BCUT2D eigenvalue weighted by atomic mass is 32.2. The lowest BCUT2D eigenvalue weighted by atomic mass is 10.0. The van der Waals surface area contributed by atoms with Gasteiger partial charge in [0.15, 0.2) is 0 Å². The minimum atomic E-state index is -0.813. The van der Waals surface area contributed by atoms with Crippen LogP contribution in [0, 0.1) is 6.92 Å². The minimum absolute atomic E-state index is 0.573. The zero-order valence-electron chi connectivity index (χ0n) is 19.3. The number of aromatic nitrogens is 1. The van der Waals surface area contributed by atoms with Crippen LogP contribution in [0.3, 0.4) is 0 Å². The maximum atomic E-state index is 11.5. The number of aliphatic carboxylic acids is 1. The molecular weight excluding hydrogens is 392 g/mol. The molecule has 1 aromatic heterocycles. The fourth-order valence-electron chi connectivity index (χ4n) is 3.57. The first-order valence-electron chi connectivity index (χ1n) is 12.1. The Morgan fingerprint density at radius 3 is 2.00 bits per heavy atom. The standard InChI is InChI=1S/C25H44N2O2S/c1-3-4-5-6-7-8-9-10-11-12-13-14-15-16-19-30-21-23(25(28)29)27-24-20-22(2)17-18-26-24/h17-18,20,23H,3-16,19,21H2,1-2H3,(H,26,27)(H,28,29). The molecule has 0 amide bonds. The van der Waals surface area contributed by atoms with Gasteiger partial charge in [-0.05, 0) is 36.8 Å². The third-order valence-electron chi connectivity index (χ3n) is 5.46. The predicted octanol–water partition coefficient (Wildman–Crippen LogP) is 7.47. The summed E-state index contributed by atoms with van der Waals surface area (Å²) in [6, 6.07) is 3.20. The third-order valence-corrected chi connectivity index (χ3v) is 6.61. The van der Waals surface area contributed by atoms with E-state index in [1.54, 1.807) is 18.0 Å². The number of carboxylic acid groups (broad SMARTS) is 1. The van der Waals surface area contributed by atoms with Gasteiger partial charge in [0, 0.05) is 11.9 Å². The highest BCUT2D eigenvalue weighted by molar-refractivity contribution is 7.99. The van der Waals surface area contributed by atoms with Gasteiger partial charge in [-0.1, -0.05) is 90.4 Å². The molecule has 0 spiro atoms. The Kier molecular flexibility index (Phi) is 16.6. The lowest BCUT2D eigenvalue weighted by Gasteiger charge is -2.15. The SMILES string of the molecule is CCCCCCCCCCCCCCCCSCC(Nc1cc(C)ccn1)C(=O)O. The van der Waals surface area contributed by atoms with Crippen LogP contribution in [-0.2, 0) is 4.79 Å². The molecule has 5 heteroatoms. The maximum Gasteiger partial charge on any atom is 0.327 e. The fourth-order valence-corrected chi connectivity index (χ4v) is 4.60. The highest BCUT2D eigenvalue weighted by Crippen LogP contribution is 2.15. The summed E-state index contributed by atoms with van der Waals surface area (Å²) in [6.07, 6.45) is 20.8. The second-order valence-electron chi connectivity index (χ2n) is 8.42. The monoisotopic (exact) mass is 436 g/mol. The number of hydrogen-bond acceptors (Lipinski definition) is 4. The molecule has 0 radical (unpaired) electrons. The van der Waals surface area contributed by atoms with Crippen LogP contribution >= 0.6 is 11.8 Å². The lowest BCUT2D eigenvalue weighted by Crippen LogP contribution is -2.32. The van der Waals surface area contributed by atoms with Crippen LogP contribution in [0.15, 0.2) is 18.3 Å². The molecule has 4 nitrogen and oxygen atoms in total. The number of pyridine rings is 1. The molecular formula is C25H44N2O2S. The topological polar surface area (TPSA) is 62.2 Å². The summed E-state index contributed by atoms with van der Waals surface area (Å²) >= 11 is 1.73. The highest BCUT2D eigenvalue weighted by Gasteiger charge is 2.17. The van der Waals surface area contributed by atoms with Gasteiger partial charge in [-0.25, -0.2) is 9.78 Å². The van der Waals surface area contributed by atoms with Crippen molar-refractivity contribution in [2.45, 2.75) is 110 Å². The average Bonchev–Trinajstić information content (AvgIpc) is 2.72. The van der Waals surface area contributed by atoms with Crippen LogP contribution < -0.4 is 5.32 Å². The molecule has 30 heavy (non-hydrogen) atoms. The van der Waals surface area contributed by atoms with E-state index in [9.17, 15) is 9.90 Å². The van der Waals surface area contributed by atoms with E-state index in [1.165, 1.54) is 89.9 Å². The first-order valence-corrected chi connectivity index (χ1v) is 13.3. The van der Waals surface area contributed by atoms with Gasteiger partial charge in [0.05, 0.1) is 0 Å². The molecule has 1 rings (SSSR count). The average molecular weight is 437 g/mol. The van der Waals surface area contributed by atoms with Crippen molar-refractivity contribution in [3.05, 3.63) is 23.9 Å². The Morgan fingerprint density at radius 1 is 0.967 bits per heavy atom. The van der Waals surface area contributed by atoms with Crippen LogP contribution in [0.25, 0.3) is 0 Å². The number of rotatable bonds is 20. The zero-order valence-corrected chi connectivity index (χ0v) is 20.2. The smallest absolute Gasteiger partial charge is 0.327 e. The van der Waals surface area contributed by atoms with Crippen LogP contribution in [0.5, 0.6) is 0 Å². The Bertz CT molecular complexity index is 554. The number of hydrogen-bond donors (Lipinski definition) is 2. The number of aryl methyl sites for hydroxylation is 1. The molecule has 0 fully saturated rings. The number of nitrogens with one attached hydrogen (secondary N) is 1. The number of carboxylic acids is 1. The van der Waals surface area contributed by atoms with Gasteiger partial charge in [0.2, 0.25) is 0 Å². The van der Waals surface area contributed by atoms with Crippen LogP contribution in [0.1, 0.15) is 102 Å². The molecule has 1 heterocycles. The number of carbonyl (C=O) groups is 1. The normalized spacial score (nSPS) is 12.1. The summed E-state index contributed by atoms with van der Waals surface area (Å²) in [4.78, 5) is 15.7. The molecule has 172 valence electrons. The van der Waals surface area contributed by atoms with E-state index < -0.39 is 12.0 Å². The second kappa shape index (κ2) is 18.5. The van der Waals surface area contributed by atoms with Crippen LogP contribution in [0.2, 0.25) is 0 Å². The van der Waals surface area contributed by atoms with Gasteiger partial charge < -0.3 is 10.4 Å². The number of anilines is 1. The third kappa shape index (κ3) is 14.7. The largest absolute Gasteiger partial charge is 0.480 e. The molecule has 2 N–H and O–H groups in total. The molecule has 1 unspecified atom stereocenters. The van der Waals surface area contributed by atoms with Crippen molar-refractivity contribution in [2.75, 3.05) is 16.8 Å². The van der Waals surface area contributed by atoms with Gasteiger partial charge in [-0.15, -0.1) is 0 Å². The van der Waals surface area contributed by atoms with Crippen molar-refractivity contribution in [3.63, 3.8) is 0 Å². The Balaban J connectivity index is 1.92. The Hall–Kier alpha value is -1.23. The van der Waals surface area contributed by atoms with Crippen molar-refractivity contribution in [1.29, 1.82) is 0 Å². The Morgan fingerprint density at radius 2 is 1.50 bits per heavy atom. The molecule has 0 bridgehead atoms. The molecule has 0 aliphatic heterocycles. The predicted molar refractivity (Wildman–Crippen MR) is 132 cm³/mol. The van der Waals surface area contributed by atoms with Gasteiger partial charge in [0.25, 0.3) is 0 Å². The van der Waals surface area contributed by atoms with Crippen LogP contribution in [0.4, 0.5) is 5.82 Å². The van der Waals surface area contributed by atoms with E-state index in [1.807, 2.05) is 19.1 Å². The zero-order chi connectivity index (χ0) is 21.9. The minimum Gasteiger partial charge on any atom is -0.480 e. The van der Waals surface area contributed by atoms with E-state index in [0.29, 0.717) is 11.6 Å². The summed E-state index contributed by atoms with van der Waals surface area (Å²) in [5.74, 6) is 1.43. The quantitative estimate of drug-likeness (QED) is 0.208. The summed E-state index contributed by atoms with van der Waals surface area (Å²) in [7, 11) is 0. The van der Waals surface area contributed by atoms with Crippen molar-refractivity contribution in [3.8, 4) is 0 Å². The van der Waals surface area contributed by atoms with Gasteiger partial charge in [0.1, 0.15) is 11.9 Å². The van der Waals surface area contributed by atoms with Crippen molar-refractivity contribution < 1.29 is 9.90 Å². The molecule has 0 aliphatic rings. The van der Waals surface area contributed by atoms with E-state index in [0.717, 1.165) is 11.3 Å². The molecule has 1 aromatic rings. The van der Waals surface area contributed by atoms with Gasteiger partial charge in [-0.3, -0.25) is 0 Å². The van der Waals surface area contributed by atoms with Gasteiger partial charge >= 0.3 is 5.97 Å². The second-order valence-corrected chi connectivity index (χ2v) is 9.57. The van der Waals surface area contributed by atoms with Crippen LogP contribution in [-0.4, -0.2) is 33.6 Å². The molecule has 0 saturated carbocycles. The van der Waals surface area contributed by atoms with Crippen molar-refractivity contribution >= 4 is 23.5 Å². The lowest BCUT2D eigenvalue weighted by molar-refractivity contribution is -0.137. The number of nitrogens with zero attached hydrogens (tertiary/aromatic N) is 1. The summed E-state index contributed by atoms with van der Waals surface area (Å²) in [6.45, 7) is 4.25. The first-order chi connectivity index (χ1) is 14.6. The summed E-state index contributed by atoms with van der Waals surface area (Å²) in [5, 5.41) is 12.5. The van der Waals surface area contributed by atoms with E-state index in [-0.39, 0.29) is 0 Å². The van der Waals surface area contributed by atoms with Crippen molar-refractivity contribution in [1.82, 2.24) is 4.98 Å².